The summed E-state index contributed by atoms with van der Waals surface area (Å²) in [6.45, 7) is 1.79. The van der Waals surface area contributed by atoms with Crippen LogP contribution in [0.5, 0.6) is 0 Å². The summed E-state index contributed by atoms with van der Waals surface area (Å²) in [5, 5.41) is 18.7. The van der Waals surface area contributed by atoms with E-state index in [9.17, 15) is 28.3 Å². The van der Waals surface area contributed by atoms with Gasteiger partial charge in [0.05, 0.1) is 6.10 Å². The molecule has 0 amide bonds. The van der Waals surface area contributed by atoms with Crippen molar-refractivity contribution in [3.63, 3.8) is 0 Å². The average Bonchev–Trinajstić information content (AvgIpc) is 2.86. The molecule has 2 N–H and O–H groups in total. The van der Waals surface area contributed by atoms with E-state index in [0.717, 1.165) is 19.3 Å². The lowest BCUT2D eigenvalue weighted by Gasteiger charge is -2.22. The maximum Gasteiger partial charge on any atom is 0.305 e. The number of aliphatic hydroxyl groups is 1. The molecule has 0 bridgehead atoms. The molecule has 0 aromatic rings. The van der Waals surface area contributed by atoms with Crippen molar-refractivity contribution in [2.24, 2.45) is 11.8 Å². The highest BCUT2D eigenvalue weighted by atomic mass is 19.3. The Balaban J connectivity index is 2.45. The van der Waals surface area contributed by atoms with Gasteiger partial charge in [-0.15, -0.1) is 0 Å². The molecule has 0 aliphatic heterocycles. The fraction of sp³-hybridized carbons (Fsp3) is 0.850. The summed E-state index contributed by atoms with van der Waals surface area (Å²) in [6.07, 6.45) is 2.89. The van der Waals surface area contributed by atoms with Crippen molar-refractivity contribution < 1.29 is 33.4 Å². The molecule has 156 valence electrons. The van der Waals surface area contributed by atoms with E-state index in [-0.39, 0.29) is 37.9 Å². The number of carboxylic acids is 1. The normalized spacial score (nSPS) is 23.0. The zero-order valence-corrected chi connectivity index (χ0v) is 16.1. The fourth-order valence-corrected chi connectivity index (χ4v) is 3.80. The van der Waals surface area contributed by atoms with Gasteiger partial charge in [0.2, 0.25) is 5.78 Å². The lowest BCUT2D eigenvalue weighted by molar-refractivity contribution is -0.144. The summed E-state index contributed by atoms with van der Waals surface area (Å²) in [4.78, 5) is 34.4. The smallest absolute Gasteiger partial charge is 0.305 e. The van der Waals surface area contributed by atoms with E-state index < -0.39 is 42.0 Å². The predicted octanol–water partition coefficient (Wildman–Crippen LogP) is 4.15. The Hall–Kier alpha value is -1.37. The number of Topliss-reactive ketones (excluding diaryl/α,β-unsaturated/α-hetero) is 2. The number of unbranched alkanes of at least 4 members (excludes halogenated alkanes) is 4. The minimum Gasteiger partial charge on any atom is -0.481 e. The van der Waals surface area contributed by atoms with Crippen LogP contribution in [0.3, 0.4) is 0 Å². The standard InChI is InChI=1S/C20H32F2O5/c1-2-3-12-20(21,22)18(25)11-10-15-14(16(23)13-17(15)24)8-6-4-5-7-9-19(26)27/h14-15,17,24H,2-13H2,1H3,(H,26,27)/t14-,15-,17-/m1/s1. The first-order valence-corrected chi connectivity index (χ1v) is 10.0. The minimum atomic E-state index is -3.33. The summed E-state index contributed by atoms with van der Waals surface area (Å²) in [5.41, 5.74) is 0. The monoisotopic (exact) mass is 390 g/mol. The number of halogens is 2. The molecule has 0 aromatic carbocycles. The topological polar surface area (TPSA) is 91.7 Å². The number of aliphatic hydroxyl groups excluding tert-OH is 1. The van der Waals surface area contributed by atoms with Gasteiger partial charge < -0.3 is 10.2 Å². The Labute approximate surface area is 159 Å². The SMILES string of the molecule is CCCCC(F)(F)C(=O)CC[C@H]1[C@H](O)CC(=O)[C@@H]1CCCCCCC(=O)O. The number of aliphatic carboxylic acids is 1. The van der Waals surface area contributed by atoms with Crippen molar-refractivity contribution in [1.29, 1.82) is 0 Å². The largest absolute Gasteiger partial charge is 0.481 e. The van der Waals surface area contributed by atoms with Crippen molar-refractivity contribution >= 4 is 17.5 Å². The Morgan fingerprint density at radius 2 is 1.74 bits per heavy atom. The summed E-state index contributed by atoms with van der Waals surface area (Å²) >= 11 is 0. The van der Waals surface area contributed by atoms with Gasteiger partial charge in [0.25, 0.3) is 0 Å². The van der Waals surface area contributed by atoms with Gasteiger partial charge in [-0.3, -0.25) is 14.4 Å². The summed E-state index contributed by atoms with van der Waals surface area (Å²) in [6, 6.07) is 0. The van der Waals surface area contributed by atoms with Crippen LogP contribution < -0.4 is 0 Å². The van der Waals surface area contributed by atoms with Gasteiger partial charge in [0.15, 0.2) is 0 Å². The van der Waals surface area contributed by atoms with E-state index in [1.165, 1.54) is 0 Å². The van der Waals surface area contributed by atoms with Gasteiger partial charge in [0.1, 0.15) is 5.78 Å². The molecule has 1 aliphatic rings. The zero-order valence-electron chi connectivity index (χ0n) is 16.1. The Kier molecular flexibility index (Phi) is 10.1. The second kappa shape index (κ2) is 11.5. The third kappa shape index (κ3) is 8.03. The minimum absolute atomic E-state index is 0.0226. The fourth-order valence-electron chi connectivity index (χ4n) is 3.80. The van der Waals surface area contributed by atoms with Gasteiger partial charge in [-0.05, 0) is 31.6 Å². The Morgan fingerprint density at radius 1 is 1.07 bits per heavy atom. The van der Waals surface area contributed by atoms with E-state index in [2.05, 4.69) is 0 Å². The number of hydrogen-bond acceptors (Lipinski definition) is 4. The molecule has 1 saturated carbocycles. The molecule has 0 spiro atoms. The van der Waals surface area contributed by atoms with Crippen LogP contribution >= 0.6 is 0 Å². The summed E-state index contributed by atoms with van der Waals surface area (Å²) in [5.74, 6) is -6.16. The van der Waals surface area contributed by atoms with Gasteiger partial charge in [-0.2, -0.15) is 8.78 Å². The number of carbonyl (C=O) groups excluding carboxylic acids is 2. The van der Waals surface area contributed by atoms with Crippen molar-refractivity contribution in [2.75, 3.05) is 0 Å². The zero-order chi connectivity index (χ0) is 20.4. The number of hydrogen-bond donors (Lipinski definition) is 2. The van der Waals surface area contributed by atoms with E-state index in [4.69, 9.17) is 5.11 Å². The third-order valence-corrected chi connectivity index (χ3v) is 5.45. The lowest BCUT2D eigenvalue weighted by atomic mass is 9.85. The first-order valence-electron chi connectivity index (χ1n) is 10.0. The van der Waals surface area contributed by atoms with E-state index in [1.807, 2.05) is 0 Å². The molecular formula is C20H32F2O5. The van der Waals surface area contributed by atoms with Crippen molar-refractivity contribution in [3.05, 3.63) is 0 Å². The van der Waals surface area contributed by atoms with Crippen LogP contribution in [0.2, 0.25) is 0 Å². The molecule has 0 saturated heterocycles. The molecule has 5 nitrogen and oxygen atoms in total. The van der Waals surface area contributed by atoms with E-state index in [0.29, 0.717) is 19.3 Å². The summed E-state index contributed by atoms with van der Waals surface area (Å²) < 4.78 is 27.6. The highest BCUT2D eigenvalue weighted by Gasteiger charge is 2.43. The lowest BCUT2D eigenvalue weighted by Crippen LogP contribution is -2.30. The second-order valence-electron chi connectivity index (χ2n) is 7.62. The molecule has 0 unspecified atom stereocenters. The number of alkyl halides is 2. The Morgan fingerprint density at radius 3 is 2.37 bits per heavy atom. The first-order chi connectivity index (χ1) is 12.7. The van der Waals surface area contributed by atoms with Gasteiger partial charge in [-0.1, -0.05) is 32.6 Å². The molecule has 1 aliphatic carbocycles. The van der Waals surface area contributed by atoms with Crippen LogP contribution in [0.25, 0.3) is 0 Å². The molecule has 3 atom stereocenters. The molecule has 7 heteroatoms. The van der Waals surface area contributed by atoms with E-state index in [1.54, 1.807) is 6.92 Å². The molecule has 0 radical (unpaired) electrons. The highest BCUT2D eigenvalue weighted by molar-refractivity contribution is 5.86. The Bertz CT molecular complexity index is 507. The number of carbonyl (C=O) groups is 3. The molecule has 1 rings (SSSR count). The number of ketones is 2. The van der Waals surface area contributed by atoms with Crippen LogP contribution in [0.4, 0.5) is 8.78 Å². The third-order valence-electron chi connectivity index (χ3n) is 5.45. The van der Waals surface area contributed by atoms with Crippen LogP contribution in [-0.2, 0) is 14.4 Å². The molecule has 0 heterocycles. The van der Waals surface area contributed by atoms with Crippen molar-refractivity contribution in [3.8, 4) is 0 Å². The maximum absolute atomic E-state index is 13.8. The first kappa shape index (κ1) is 23.7. The summed E-state index contributed by atoms with van der Waals surface area (Å²) in [7, 11) is 0. The van der Waals surface area contributed by atoms with Crippen molar-refractivity contribution in [1.82, 2.24) is 0 Å². The molecule has 0 aromatic heterocycles. The molecule has 27 heavy (non-hydrogen) atoms. The van der Waals surface area contributed by atoms with E-state index >= 15 is 0 Å². The van der Waals surface area contributed by atoms with Crippen LogP contribution in [0.15, 0.2) is 0 Å². The van der Waals surface area contributed by atoms with Gasteiger partial charge in [-0.25, -0.2) is 0 Å². The highest BCUT2D eigenvalue weighted by Crippen LogP contribution is 2.37. The number of rotatable bonds is 14. The number of carboxylic acid groups (broad SMARTS) is 1. The average molecular weight is 390 g/mol. The molecular weight excluding hydrogens is 358 g/mol. The van der Waals surface area contributed by atoms with Gasteiger partial charge >= 0.3 is 11.9 Å². The van der Waals surface area contributed by atoms with Crippen molar-refractivity contribution in [2.45, 2.75) is 96.0 Å². The predicted molar refractivity (Wildman–Crippen MR) is 96.7 cm³/mol. The quantitative estimate of drug-likeness (QED) is 0.435. The van der Waals surface area contributed by atoms with Gasteiger partial charge in [0, 0.05) is 31.6 Å². The van der Waals surface area contributed by atoms with Crippen LogP contribution in [0.1, 0.15) is 84.0 Å². The molecule has 1 fully saturated rings. The van der Waals surface area contributed by atoms with Crippen LogP contribution in [-0.4, -0.2) is 39.8 Å². The maximum atomic E-state index is 13.8. The second-order valence-corrected chi connectivity index (χ2v) is 7.62. The van der Waals surface area contributed by atoms with Crippen LogP contribution in [0, 0.1) is 11.8 Å².